The predicted molar refractivity (Wildman–Crippen MR) is 118 cm³/mol. The van der Waals surface area contributed by atoms with Gasteiger partial charge in [0.1, 0.15) is 0 Å². The van der Waals surface area contributed by atoms with E-state index in [-0.39, 0.29) is 0 Å². The topological polar surface area (TPSA) is 54.3 Å². The molecule has 1 saturated heterocycles. The van der Waals surface area contributed by atoms with Crippen molar-refractivity contribution in [3.05, 3.63) is 47.5 Å². The Hall–Kier alpha value is -1.89. The number of benzene rings is 1. The molecule has 2 atom stereocenters. The van der Waals surface area contributed by atoms with Crippen LogP contribution in [-0.4, -0.2) is 90.3 Å². The first kappa shape index (κ1) is 20.4. The highest BCUT2D eigenvalue weighted by molar-refractivity contribution is 5.80. The summed E-state index contributed by atoms with van der Waals surface area (Å²) in [5.41, 5.74) is 2.84. The Morgan fingerprint density at radius 1 is 1.21 bits per heavy atom. The van der Waals surface area contributed by atoms with Gasteiger partial charge in [-0.2, -0.15) is 0 Å². The number of likely N-dealkylation sites (tertiary alicyclic amines) is 1. The summed E-state index contributed by atoms with van der Waals surface area (Å²) in [5.74, 6) is 0.949. The number of hydrogen-bond acceptors (Lipinski definition) is 4. The summed E-state index contributed by atoms with van der Waals surface area (Å²) in [4.78, 5) is 12.0. The van der Waals surface area contributed by atoms with Crippen LogP contribution in [0.3, 0.4) is 0 Å². The Kier molecular flexibility index (Phi) is 6.85. The molecule has 0 aliphatic carbocycles. The van der Waals surface area contributed by atoms with Crippen molar-refractivity contribution in [2.24, 2.45) is 4.99 Å². The molecule has 0 bridgehead atoms. The van der Waals surface area contributed by atoms with Crippen LogP contribution in [0.25, 0.3) is 0 Å². The minimum Gasteiger partial charge on any atom is -0.390 e. The number of nitrogens with zero attached hydrogens (tertiary/aromatic N) is 4. The number of hydrogen-bond donors (Lipinski definition) is 2. The molecule has 29 heavy (non-hydrogen) atoms. The Balaban J connectivity index is 1.29. The molecule has 158 valence electrons. The molecule has 1 fully saturated rings. The van der Waals surface area contributed by atoms with Crippen LogP contribution in [0.2, 0.25) is 0 Å². The monoisotopic (exact) mass is 397 g/mol. The quantitative estimate of drug-likeness (QED) is 0.431. The lowest BCUT2D eigenvalue weighted by Gasteiger charge is -2.30. The third-order valence-electron chi connectivity index (χ3n) is 6.29. The molecule has 3 heterocycles. The standard InChI is InChI=1S/C23H35N5O/c1-2-24-23(28-14-10-21(17-28)27-11-5-6-12-27)25-15-22(29)18-26-13-9-19-7-3-4-8-20(19)16-26/h3-8,21-22,29H,2,9-18H2,1H3,(H,24,25). The smallest absolute Gasteiger partial charge is 0.194 e. The second-order valence-electron chi connectivity index (χ2n) is 8.42. The number of β-amino-alcohol motifs (C(OH)–C–C–N with tert-alkyl or cyclic N) is 1. The molecule has 2 unspecified atom stereocenters. The zero-order valence-electron chi connectivity index (χ0n) is 17.6. The van der Waals surface area contributed by atoms with Crippen LogP contribution in [0.4, 0.5) is 0 Å². The van der Waals surface area contributed by atoms with E-state index >= 15 is 0 Å². The molecule has 0 saturated carbocycles. The molecular formula is C23H35N5O. The van der Waals surface area contributed by atoms with Crippen molar-refractivity contribution in [3.63, 3.8) is 0 Å². The Morgan fingerprint density at radius 2 is 2.00 bits per heavy atom. The number of fused-ring (bicyclic) bond motifs is 1. The first-order valence-corrected chi connectivity index (χ1v) is 11.1. The fourth-order valence-electron chi connectivity index (χ4n) is 4.71. The summed E-state index contributed by atoms with van der Waals surface area (Å²) in [6.07, 6.45) is 6.33. The summed E-state index contributed by atoms with van der Waals surface area (Å²) in [5, 5.41) is 14.0. The third kappa shape index (κ3) is 5.18. The Bertz CT molecular complexity index is 726. The SMILES string of the molecule is CCNC(=NCC(O)CN1CCc2ccccc2C1)N1CCC(N2CC=CC2)C1. The highest BCUT2D eigenvalue weighted by Gasteiger charge is 2.29. The van der Waals surface area contributed by atoms with Crippen LogP contribution in [0.15, 0.2) is 41.4 Å². The molecule has 6 nitrogen and oxygen atoms in total. The molecule has 3 aliphatic rings. The van der Waals surface area contributed by atoms with Gasteiger partial charge >= 0.3 is 0 Å². The van der Waals surface area contributed by atoms with Gasteiger partial charge in [0.25, 0.3) is 0 Å². The lowest BCUT2D eigenvalue weighted by atomic mass is 10.00. The van der Waals surface area contributed by atoms with Crippen molar-refractivity contribution in [2.45, 2.75) is 38.5 Å². The number of rotatable bonds is 6. The summed E-state index contributed by atoms with van der Waals surface area (Å²) in [6.45, 7) is 10.2. The maximum atomic E-state index is 10.6. The van der Waals surface area contributed by atoms with Gasteiger partial charge in [0, 0.05) is 58.4 Å². The molecule has 2 N–H and O–H groups in total. The summed E-state index contributed by atoms with van der Waals surface area (Å²) in [6, 6.07) is 9.25. The van der Waals surface area contributed by atoms with E-state index in [0.717, 1.165) is 58.2 Å². The van der Waals surface area contributed by atoms with E-state index in [1.54, 1.807) is 0 Å². The van der Waals surface area contributed by atoms with Crippen LogP contribution in [-0.2, 0) is 13.0 Å². The van der Waals surface area contributed by atoms with Crippen molar-refractivity contribution in [2.75, 3.05) is 52.4 Å². The average Bonchev–Trinajstić information content (AvgIpc) is 3.43. The lowest BCUT2D eigenvalue weighted by molar-refractivity contribution is 0.111. The van der Waals surface area contributed by atoms with Crippen LogP contribution >= 0.6 is 0 Å². The minimum absolute atomic E-state index is 0.435. The van der Waals surface area contributed by atoms with Crippen molar-refractivity contribution in [1.29, 1.82) is 0 Å². The van der Waals surface area contributed by atoms with E-state index in [9.17, 15) is 5.11 Å². The number of aliphatic imine (C=N–C) groups is 1. The highest BCUT2D eigenvalue weighted by Crippen LogP contribution is 2.19. The Labute approximate surface area is 174 Å². The molecule has 1 aromatic carbocycles. The normalized spacial score (nSPS) is 24.1. The first-order chi connectivity index (χ1) is 14.2. The van der Waals surface area contributed by atoms with Gasteiger partial charge in [0.15, 0.2) is 5.96 Å². The van der Waals surface area contributed by atoms with Crippen molar-refractivity contribution >= 4 is 5.96 Å². The van der Waals surface area contributed by atoms with Gasteiger partial charge in [-0.05, 0) is 30.9 Å². The molecule has 0 spiro atoms. The second-order valence-corrected chi connectivity index (χ2v) is 8.42. The van der Waals surface area contributed by atoms with Crippen LogP contribution in [0, 0.1) is 0 Å². The van der Waals surface area contributed by atoms with Gasteiger partial charge in [-0.25, -0.2) is 0 Å². The lowest BCUT2D eigenvalue weighted by Crippen LogP contribution is -2.43. The van der Waals surface area contributed by atoms with Gasteiger partial charge in [-0.15, -0.1) is 0 Å². The number of guanidine groups is 1. The van der Waals surface area contributed by atoms with Gasteiger partial charge in [0.05, 0.1) is 12.6 Å². The van der Waals surface area contributed by atoms with E-state index < -0.39 is 6.10 Å². The first-order valence-electron chi connectivity index (χ1n) is 11.1. The van der Waals surface area contributed by atoms with Gasteiger partial charge in [-0.1, -0.05) is 36.4 Å². The fourth-order valence-corrected chi connectivity index (χ4v) is 4.71. The van der Waals surface area contributed by atoms with Gasteiger partial charge < -0.3 is 15.3 Å². The second kappa shape index (κ2) is 9.74. The van der Waals surface area contributed by atoms with Crippen molar-refractivity contribution < 1.29 is 5.11 Å². The molecule has 0 aromatic heterocycles. The van der Waals surface area contributed by atoms with Crippen LogP contribution in [0.1, 0.15) is 24.5 Å². The van der Waals surface area contributed by atoms with E-state index in [1.807, 2.05) is 0 Å². The molecule has 0 radical (unpaired) electrons. The molecule has 1 aromatic rings. The van der Waals surface area contributed by atoms with E-state index in [1.165, 1.54) is 17.5 Å². The molecule has 3 aliphatic heterocycles. The average molecular weight is 398 g/mol. The zero-order valence-corrected chi connectivity index (χ0v) is 17.6. The summed E-state index contributed by atoms with van der Waals surface area (Å²) in [7, 11) is 0. The van der Waals surface area contributed by atoms with Crippen molar-refractivity contribution in [1.82, 2.24) is 20.0 Å². The van der Waals surface area contributed by atoms with Crippen molar-refractivity contribution in [3.8, 4) is 0 Å². The predicted octanol–water partition coefficient (Wildman–Crippen LogP) is 1.32. The van der Waals surface area contributed by atoms with Crippen LogP contribution < -0.4 is 5.32 Å². The number of nitrogens with one attached hydrogen (secondary N) is 1. The highest BCUT2D eigenvalue weighted by atomic mass is 16.3. The fraction of sp³-hybridized carbons (Fsp3) is 0.609. The number of aliphatic hydroxyl groups is 1. The Morgan fingerprint density at radius 3 is 2.79 bits per heavy atom. The zero-order chi connectivity index (χ0) is 20.1. The number of aliphatic hydroxyl groups excluding tert-OH is 1. The van der Waals surface area contributed by atoms with Gasteiger partial charge in [0.2, 0.25) is 0 Å². The van der Waals surface area contributed by atoms with Crippen LogP contribution in [0.5, 0.6) is 0 Å². The molecule has 4 rings (SSSR count). The van der Waals surface area contributed by atoms with E-state index in [0.29, 0.717) is 19.1 Å². The molecule has 0 amide bonds. The maximum Gasteiger partial charge on any atom is 0.194 e. The largest absolute Gasteiger partial charge is 0.390 e. The van der Waals surface area contributed by atoms with E-state index in [4.69, 9.17) is 4.99 Å². The molecule has 6 heteroatoms. The molecular weight excluding hydrogens is 362 g/mol. The maximum absolute atomic E-state index is 10.6. The van der Waals surface area contributed by atoms with E-state index in [2.05, 4.69) is 63.4 Å². The summed E-state index contributed by atoms with van der Waals surface area (Å²) < 4.78 is 0. The third-order valence-corrected chi connectivity index (χ3v) is 6.29. The minimum atomic E-state index is -0.435. The summed E-state index contributed by atoms with van der Waals surface area (Å²) >= 11 is 0. The van der Waals surface area contributed by atoms with Gasteiger partial charge in [-0.3, -0.25) is 14.8 Å².